The van der Waals surface area contributed by atoms with Gasteiger partial charge in [-0.2, -0.15) is 0 Å². The maximum Gasteiger partial charge on any atom is 0.311 e. The number of nitrogens with two attached hydrogens (primary N) is 1. The molecule has 0 amide bonds. The Kier molecular flexibility index (Phi) is 4.18. The van der Waals surface area contributed by atoms with Crippen molar-refractivity contribution in [2.75, 3.05) is 0 Å². The van der Waals surface area contributed by atoms with Gasteiger partial charge >= 0.3 is 5.69 Å². The number of hydrogen-bond acceptors (Lipinski definition) is 4. The zero-order valence-corrected chi connectivity index (χ0v) is 11.7. The Hall–Kier alpha value is -2.47. The largest absolute Gasteiger partial charge is 0.447 e. The van der Waals surface area contributed by atoms with E-state index in [1.165, 1.54) is 24.3 Å². The van der Waals surface area contributed by atoms with Crippen molar-refractivity contribution in [2.24, 2.45) is 5.73 Å². The molecule has 0 bridgehead atoms. The molecule has 2 aromatic rings. The number of nitro groups is 1. The lowest BCUT2D eigenvalue weighted by Crippen LogP contribution is -2.05. The van der Waals surface area contributed by atoms with Gasteiger partial charge in [0.1, 0.15) is 0 Å². The first-order chi connectivity index (χ1) is 9.88. The summed E-state index contributed by atoms with van der Waals surface area (Å²) in [5.41, 5.74) is 6.81. The van der Waals surface area contributed by atoms with Gasteiger partial charge in [0.15, 0.2) is 11.6 Å². The third-order valence-corrected chi connectivity index (χ3v) is 3.01. The Balaban J connectivity index is 2.37. The highest BCUT2D eigenvalue weighted by Crippen LogP contribution is 2.33. The molecular weight excluding hydrogens is 275 g/mol. The molecule has 0 aliphatic heterocycles. The number of rotatable bonds is 4. The van der Waals surface area contributed by atoms with Gasteiger partial charge in [-0.3, -0.25) is 10.1 Å². The highest BCUT2D eigenvalue weighted by molar-refractivity contribution is 5.50. The van der Waals surface area contributed by atoms with Crippen LogP contribution < -0.4 is 10.5 Å². The number of hydrogen-bond donors (Lipinski definition) is 1. The minimum atomic E-state index is -0.611. The summed E-state index contributed by atoms with van der Waals surface area (Å²) in [4.78, 5) is 10.4. The molecule has 0 aliphatic carbocycles. The molecule has 2 aromatic carbocycles. The summed E-state index contributed by atoms with van der Waals surface area (Å²) in [5, 5.41) is 11.0. The monoisotopic (exact) mass is 290 g/mol. The van der Waals surface area contributed by atoms with Gasteiger partial charge in [0.25, 0.3) is 0 Å². The van der Waals surface area contributed by atoms with Gasteiger partial charge in [-0.15, -0.1) is 0 Å². The number of halogens is 1. The normalized spacial score (nSPS) is 12.0. The summed E-state index contributed by atoms with van der Waals surface area (Å²) in [7, 11) is 0. The highest BCUT2D eigenvalue weighted by Gasteiger charge is 2.17. The zero-order chi connectivity index (χ0) is 15.6. The fourth-order valence-electron chi connectivity index (χ4n) is 1.86. The van der Waals surface area contributed by atoms with Crippen molar-refractivity contribution < 1.29 is 14.1 Å². The lowest BCUT2D eigenvalue weighted by atomic mass is 10.1. The number of nitro benzene ring substituents is 1. The van der Waals surface area contributed by atoms with Crippen LogP contribution in [-0.4, -0.2) is 4.92 Å². The van der Waals surface area contributed by atoms with Gasteiger partial charge in [0, 0.05) is 12.1 Å². The maximum atomic E-state index is 14.0. The molecule has 0 radical (unpaired) electrons. The number of nitrogens with zero attached hydrogens (tertiary/aromatic N) is 1. The lowest BCUT2D eigenvalue weighted by molar-refractivity contribution is -0.385. The van der Waals surface area contributed by atoms with E-state index in [4.69, 9.17) is 10.5 Å². The van der Waals surface area contributed by atoms with Crippen LogP contribution in [-0.2, 0) is 0 Å². The number of aryl methyl sites for hydroxylation is 1. The van der Waals surface area contributed by atoms with Crippen LogP contribution in [0.1, 0.15) is 24.1 Å². The van der Waals surface area contributed by atoms with E-state index in [0.29, 0.717) is 5.56 Å². The van der Waals surface area contributed by atoms with Crippen LogP contribution in [0.3, 0.4) is 0 Å². The second kappa shape index (κ2) is 5.88. The highest BCUT2D eigenvalue weighted by atomic mass is 19.1. The van der Waals surface area contributed by atoms with Crippen LogP contribution >= 0.6 is 0 Å². The second-order valence-electron chi connectivity index (χ2n) is 4.81. The quantitative estimate of drug-likeness (QED) is 0.685. The third-order valence-electron chi connectivity index (χ3n) is 3.01. The topological polar surface area (TPSA) is 78.4 Å². The molecule has 110 valence electrons. The first kappa shape index (κ1) is 14.9. The summed E-state index contributed by atoms with van der Waals surface area (Å²) in [6.07, 6.45) is 0. The lowest BCUT2D eigenvalue weighted by Gasteiger charge is -2.10. The molecule has 2 rings (SSSR count). The van der Waals surface area contributed by atoms with Crippen LogP contribution in [0, 0.1) is 22.9 Å². The van der Waals surface area contributed by atoms with Crippen molar-refractivity contribution in [2.45, 2.75) is 19.9 Å². The third kappa shape index (κ3) is 3.35. The summed E-state index contributed by atoms with van der Waals surface area (Å²) in [6.45, 7) is 3.47. The van der Waals surface area contributed by atoms with Crippen molar-refractivity contribution in [1.29, 1.82) is 0 Å². The van der Waals surface area contributed by atoms with Crippen molar-refractivity contribution in [3.8, 4) is 11.5 Å². The Bertz CT molecular complexity index is 687. The fourth-order valence-corrected chi connectivity index (χ4v) is 1.86. The zero-order valence-electron chi connectivity index (χ0n) is 11.7. The molecule has 0 saturated heterocycles. The standard InChI is InChI=1S/C15H15FN2O3/c1-9-3-5-15(13(7-9)18(19)20)21-14-6-4-11(10(2)17)8-12(14)16/h3-8,10H,17H2,1-2H3/t10-/m1/s1. The molecule has 0 heterocycles. The van der Waals surface area contributed by atoms with Gasteiger partial charge < -0.3 is 10.5 Å². The van der Waals surface area contributed by atoms with Crippen LogP contribution in [0.15, 0.2) is 36.4 Å². The molecule has 0 aliphatic rings. The van der Waals surface area contributed by atoms with E-state index in [9.17, 15) is 14.5 Å². The van der Waals surface area contributed by atoms with Gasteiger partial charge in [-0.05, 0) is 43.2 Å². The summed E-state index contributed by atoms with van der Waals surface area (Å²) in [6, 6.07) is 8.50. The average molecular weight is 290 g/mol. The molecule has 21 heavy (non-hydrogen) atoms. The molecule has 1 atom stereocenters. The molecule has 5 nitrogen and oxygen atoms in total. The van der Waals surface area contributed by atoms with Gasteiger partial charge in [0.2, 0.25) is 5.75 Å². The molecule has 2 N–H and O–H groups in total. The number of ether oxygens (including phenoxy) is 1. The van der Waals surface area contributed by atoms with E-state index >= 15 is 0 Å². The van der Waals surface area contributed by atoms with Gasteiger partial charge in [-0.1, -0.05) is 12.1 Å². The second-order valence-corrected chi connectivity index (χ2v) is 4.81. The molecule has 6 heteroatoms. The van der Waals surface area contributed by atoms with Gasteiger partial charge in [0.05, 0.1) is 4.92 Å². The summed E-state index contributed by atoms with van der Waals surface area (Å²) < 4.78 is 19.3. The molecule has 0 saturated carbocycles. The molecule has 0 aromatic heterocycles. The van der Waals surface area contributed by atoms with E-state index in [1.54, 1.807) is 26.0 Å². The van der Waals surface area contributed by atoms with Crippen LogP contribution in [0.4, 0.5) is 10.1 Å². The van der Waals surface area contributed by atoms with E-state index in [-0.39, 0.29) is 23.2 Å². The Morgan fingerprint density at radius 1 is 1.24 bits per heavy atom. The van der Waals surface area contributed by atoms with Crippen LogP contribution in [0.2, 0.25) is 0 Å². The predicted molar refractivity (Wildman–Crippen MR) is 76.9 cm³/mol. The van der Waals surface area contributed by atoms with E-state index in [1.807, 2.05) is 0 Å². The first-order valence-electron chi connectivity index (χ1n) is 6.36. The number of benzene rings is 2. The summed E-state index contributed by atoms with van der Waals surface area (Å²) in [5.74, 6) is -0.691. The minimum Gasteiger partial charge on any atom is -0.447 e. The molecular formula is C15H15FN2O3. The molecule has 0 spiro atoms. The van der Waals surface area contributed by atoms with Crippen LogP contribution in [0.5, 0.6) is 11.5 Å². The maximum absolute atomic E-state index is 14.0. The van der Waals surface area contributed by atoms with E-state index in [2.05, 4.69) is 0 Å². The Morgan fingerprint density at radius 3 is 2.48 bits per heavy atom. The van der Waals surface area contributed by atoms with Crippen molar-refractivity contribution in [3.63, 3.8) is 0 Å². The minimum absolute atomic E-state index is 0.00181. The first-order valence-corrected chi connectivity index (χ1v) is 6.36. The van der Waals surface area contributed by atoms with Gasteiger partial charge in [-0.25, -0.2) is 4.39 Å². The summed E-state index contributed by atoms with van der Waals surface area (Å²) >= 11 is 0. The Labute approximate surface area is 121 Å². The molecule has 0 fully saturated rings. The van der Waals surface area contributed by atoms with E-state index < -0.39 is 10.7 Å². The predicted octanol–water partition coefficient (Wildman–Crippen LogP) is 3.85. The SMILES string of the molecule is Cc1ccc(Oc2ccc([C@@H](C)N)cc2F)c([N+](=O)[O-])c1. The molecule has 0 unspecified atom stereocenters. The average Bonchev–Trinajstić information content (AvgIpc) is 2.42. The van der Waals surface area contributed by atoms with Crippen molar-refractivity contribution in [1.82, 2.24) is 0 Å². The van der Waals surface area contributed by atoms with Crippen LogP contribution in [0.25, 0.3) is 0 Å². The van der Waals surface area contributed by atoms with E-state index in [0.717, 1.165) is 5.56 Å². The Morgan fingerprint density at radius 2 is 1.90 bits per heavy atom. The van der Waals surface area contributed by atoms with Crippen molar-refractivity contribution in [3.05, 3.63) is 63.5 Å². The smallest absolute Gasteiger partial charge is 0.311 e. The van der Waals surface area contributed by atoms with Crippen molar-refractivity contribution >= 4 is 5.69 Å². The fraction of sp³-hybridized carbons (Fsp3) is 0.200.